The van der Waals surface area contributed by atoms with E-state index >= 15 is 0 Å². The van der Waals surface area contributed by atoms with Crippen molar-refractivity contribution in [2.24, 2.45) is 5.41 Å². The quantitative estimate of drug-likeness (QED) is 0.868. The number of rotatable bonds is 5. The lowest BCUT2D eigenvalue weighted by Crippen LogP contribution is -2.37. The van der Waals surface area contributed by atoms with E-state index in [9.17, 15) is 8.42 Å². The molecule has 7 heteroatoms. The van der Waals surface area contributed by atoms with Gasteiger partial charge in [0.25, 0.3) is 0 Å². The summed E-state index contributed by atoms with van der Waals surface area (Å²) >= 11 is 0. The lowest BCUT2D eigenvalue weighted by Gasteiger charge is -2.29. The zero-order chi connectivity index (χ0) is 18.8. The predicted octanol–water partition coefficient (Wildman–Crippen LogP) is 3.33. The van der Waals surface area contributed by atoms with Crippen molar-refractivity contribution in [2.75, 3.05) is 0 Å². The molecule has 1 aliphatic rings. The first-order chi connectivity index (χ1) is 12.2. The molecule has 3 rings (SSSR count). The lowest BCUT2D eigenvalue weighted by atomic mass is 9.82. The molecule has 0 aliphatic heterocycles. The summed E-state index contributed by atoms with van der Waals surface area (Å²) in [6.45, 7) is 6.98. The van der Waals surface area contributed by atoms with Crippen LogP contribution in [0.2, 0.25) is 0 Å². The summed E-state index contributed by atoms with van der Waals surface area (Å²) in [7, 11) is -3.52. The van der Waals surface area contributed by atoms with Gasteiger partial charge in [-0.25, -0.2) is 13.1 Å². The number of aromatic nitrogens is 3. The Morgan fingerprint density at radius 3 is 2.42 bits per heavy atom. The van der Waals surface area contributed by atoms with Crippen molar-refractivity contribution in [1.29, 1.82) is 0 Å². The van der Waals surface area contributed by atoms with Crippen molar-refractivity contribution in [3.63, 3.8) is 0 Å². The van der Waals surface area contributed by atoms with Crippen LogP contribution >= 0.6 is 0 Å². The molecular weight excluding hydrogens is 348 g/mol. The van der Waals surface area contributed by atoms with Gasteiger partial charge in [-0.2, -0.15) is 5.10 Å². The van der Waals surface area contributed by atoms with Crippen molar-refractivity contribution in [2.45, 2.75) is 69.9 Å². The molecule has 1 saturated carbocycles. The number of sulfonamides is 1. The third kappa shape index (κ3) is 4.92. The van der Waals surface area contributed by atoms with E-state index in [4.69, 9.17) is 0 Å². The molecule has 1 aliphatic carbocycles. The Kier molecular flexibility index (Phi) is 5.48. The SMILES string of the molecule is CC(C)(C)Cn1cc(S(=O)(=O)N[C@H]2CC[C@@H](c3ccncc3)CC2)cn1. The summed E-state index contributed by atoms with van der Waals surface area (Å²) in [6, 6.07) is 4.10. The molecule has 2 aromatic heterocycles. The molecule has 26 heavy (non-hydrogen) atoms. The number of hydrogen-bond donors (Lipinski definition) is 1. The maximum atomic E-state index is 12.7. The average Bonchev–Trinajstić information content (AvgIpc) is 3.03. The maximum absolute atomic E-state index is 12.7. The van der Waals surface area contributed by atoms with Gasteiger partial charge in [-0.1, -0.05) is 20.8 Å². The molecule has 0 aromatic carbocycles. The highest BCUT2D eigenvalue weighted by Gasteiger charge is 2.27. The third-order valence-electron chi connectivity index (χ3n) is 4.78. The summed E-state index contributed by atoms with van der Waals surface area (Å²) in [4.78, 5) is 4.31. The summed E-state index contributed by atoms with van der Waals surface area (Å²) < 4.78 is 29.9. The van der Waals surface area contributed by atoms with Gasteiger partial charge in [0.05, 0.1) is 6.20 Å². The second-order valence-electron chi connectivity index (χ2n) is 8.38. The highest BCUT2D eigenvalue weighted by molar-refractivity contribution is 7.89. The Morgan fingerprint density at radius 1 is 1.15 bits per heavy atom. The van der Waals surface area contributed by atoms with Gasteiger partial charge in [0.1, 0.15) is 4.90 Å². The van der Waals surface area contributed by atoms with E-state index in [1.165, 1.54) is 11.8 Å². The van der Waals surface area contributed by atoms with Crippen LogP contribution in [0.4, 0.5) is 0 Å². The van der Waals surface area contributed by atoms with Gasteiger partial charge in [-0.15, -0.1) is 0 Å². The van der Waals surface area contributed by atoms with Gasteiger partial charge in [-0.05, 0) is 54.7 Å². The maximum Gasteiger partial charge on any atom is 0.243 e. The number of nitrogens with one attached hydrogen (secondary N) is 1. The van der Waals surface area contributed by atoms with Crippen LogP contribution in [-0.4, -0.2) is 29.2 Å². The fraction of sp³-hybridized carbons (Fsp3) is 0.579. The Balaban J connectivity index is 1.59. The molecule has 0 radical (unpaired) electrons. The largest absolute Gasteiger partial charge is 0.271 e. The second kappa shape index (κ2) is 7.48. The Bertz CT molecular complexity index is 817. The number of hydrogen-bond acceptors (Lipinski definition) is 4. The molecule has 2 aromatic rings. The monoisotopic (exact) mass is 376 g/mol. The molecule has 0 atom stereocenters. The molecular formula is C19H28N4O2S. The predicted molar refractivity (Wildman–Crippen MR) is 101 cm³/mol. The van der Waals surface area contributed by atoms with Gasteiger partial charge in [0, 0.05) is 31.2 Å². The van der Waals surface area contributed by atoms with Gasteiger partial charge in [-0.3, -0.25) is 9.67 Å². The number of pyridine rings is 1. The molecule has 1 N–H and O–H groups in total. The molecule has 0 amide bonds. The zero-order valence-electron chi connectivity index (χ0n) is 15.7. The van der Waals surface area contributed by atoms with E-state index in [1.807, 2.05) is 12.4 Å². The molecule has 142 valence electrons. The Morgan fingerprint density at radius 2 is 1.81 bits per heavy atom. The minimum absolute atomic E-state index is 0.0101. The van der Waals surface area contributed by atoms with Crippen molar-refractivity contribution in [3.8, 4) is 0 Å². The summed E-state index contributed by atoms with van der Waals surface area (Å²) in [5.41, 5.74) is 1.34. The molecule has 0 bridgehead atoms. The second-order valence-corrected chi connectivity index (χ2v) is 10.1. The van der Waals surface area contributed by atoms with Crippen LogP contribution in [0.5, 0.6) is 0 Å². The highest BCUT2D eigenvalue weighted by Crippen LogP contribution is 2.33. The van der Waals surface area contributed by atoms with E-state index in [1.54, 1.807) is 10.9 Å². The van der Waals surface area contributed by atoms with Crippen molar-refractivity contribution in [3.05, 3.63) is 42.5 Å². The van der Waals surface area contributed by atoms with E-state index < -0.39 is 10.0 Å². The average molecular weight is 377 g/mol. The smallest absolute Gasteiger partial charge is 0.243 e. The first-order valence-corrected chi connectivity index (χ1v) is 10.7. The van der Waals surface area contributed by atoms with Crippen LogP contribution in [0, 0.1) is 5.41 Å². The van der Waals surface area contributed by atoms with Crippen LogP contribution in [0.1, 0.15) is 57.9 Å². The van der Waals surface area contributed by atoms with Crippen LogP contribution in [-0.2, 0) is 16.6 Å². The van der Waals surface area contributed by atoms with E-state index in [0.29, 0.717) is 12.5 Å². The normalized spacial score (nSPS) is 21.7. The van der Waals surface area contributed by atoms with Crippen LogP contribution in [0.3, 0.4) is 0 Å². The van der Waals surface area contributed by atoms with Crippen molar-refractivity contribution in [1.82, 2.24) is 19.5 Å². The van der Waals surface area contributed by atoms with Gasteiger partial charge in [0.2, 0.25) is 10.0 Å². The Hall–Kier alpha value is -1.73. The minimum Gasteiger partial charge on any atom is -0.271 e. The standard InChI is InChI=1S/C19H28N4O2S/c1-19(2,3)14-23-13-18(12-21-23)26(24,25)22-17-6-4-15(5-7-17)16-8-10-20-11-9-16/h8-13,15,17,22H,4-7,14H2,1-3H3/t15-,17+. The molecule has 2 heterocycles. The third-order valence-corrected chi connectivity index (χ3v) is 6.26. The fourth-order valence-corrected chi connectivity index (χ4v) is 4.78. The minimum atomic E-state index is -3.52. The molecule has 0 spiro atoms. The fourth-order valence-electron chi connectivity index (χ4n) is 3.52. The van der Waals surface area contributed by atoms with Gasteiger partial charge < -0.3 is 0 Å². The molecule has 1 fully saturated rings. The zero-order valence-corrected chi connectivity index (χ0v) is 16.5. The van der Waals surface area contributed by atoms with Crippen molar-refractivity contribution >= 4 is 10.0 Å². The highest BCUT2D eigenvalue weighted by atomic mass is 32.2. The van der Waals surface area contributed by atoms with Gasteiger partial charge >= 0.3 is 0 Å². The van der Waals surface area contributed by atoms with Crippen LogP contribution in [0.25, 0.3) is 0 Å². The van der Waals surface area contributed by atoms with E-state index in [0.717, 1.165) is 25.7 Å². The first kappa shape index (κ1) is 19.0. The first-order valence-electron chi connectivity index (χ1n) is 9.18. The summed E-state index contributed by atoms with van der Waals surface area (Å²) in [5.74, 6) is 0.494. The van der Waals surface area contributed by atoms with Crippen molar-refractivity contribution < 1.29 is 8.42 Å². The number of nitrogens with zero attached hydrogens (tertiary/aromatic N) is 3. The lowest BCUT2D eigenvalue weighted by molar-refractivity contribution is 0.325. The van der Waals surface area contributed by atoms with Gasteiger partial charge in [0.15, 0.2) is 0 Å². The van der Waals surface area contributed by atoms with E-state index in [2.05, 4.69) is 47.7 Å². The summed E-state index contributed by atoms with van der Waals surface area (Å²) in [6.07, 6.45) is 10.4. The van der Waals surface area contributed by atoms with Crippen LogP contribution < -0.4 is 4.72 Å². The van der Waals surface area contributed by atoms with Crippen LogP contribution in [0.15, 0.2) is 41.8 Å². The molecule has 0 unspecified atom stereocenters. The topological polar surface area (TPSA) is 76.9 Å². The summed E-state index contributed by atoms with van der Waals surface area (Å²) in [5, 5.41) is 4.20. The molecule has 0 saturated heterocycles. The van der Waals surface area contributed by atoms with E-state index in [-0.39, 0.29) is 16.4 Å². The molecule has 6 nitrogen and oxygen atoms in total. The Labute approximate surface area is 156 Å².